The van der Waals surface area contributed by atoms with Crippen molar-refractivity contribution < 1.29 is 25.0 Å². The summed E-state index contributed by atoms with van der Waals surface area (Å²) in [4.78, 5) is 21.0. The van der Waals surface area contributed by atoms with Gasteiger partial charge in [0, 0.05) is 7.05 Å². The Morgan fingerprint density at radius 1 is 1.52 bits per heavy atom. The quantitative estimate of drug-likeness (QED) is 0.310. The van der Waals surface area contributed by atoms with E-state index >= 15 is 0 Å². The van der Waals surface area contributed by atoms with E-state index in [1.807, 2.05) is 6.92 Å². The molecule has 0 aliphatic carbocycles. The van der Waals surface area contributed by atoms with Gasteiger partial charge in [-0.3, -0.25) is 10.2 Å². The van der Waals surface area contributed by atoms with Crippen molar-refractivity contribution in [2.75, 3.05) is 13.7 Å². The predicted molar refractivity (Wildman–Crippen MR) is 94.8 cm³/mol. The van der Waals surface area contributed by atoms with E-state index in [0.29, 0.717) is 12.8 Å². The van der Waals surface area contributed by atoms with Crippen molar-refractivity contribution >= 4 is 18.0 Å². The normalized spacial score (nSPS) is 41.9. The van der Waals surface area contributed by atoms with Crippen LogP contribution in [0.15, 0.2) is 9.98 Å². The van der Waals surface area contributed by atoms with Gasteiger partial charge in [-0.15, -0.1) is 0 Å². The van der Waals surface area contributed by atoms with E-state index in [1.165, 1.54) is 18.9 Å². The number of primary amides is 1. The van der Waals surface area contributed by atoms with Gasteiger partial charge in [-0.1, -0.05) is 13.3 Å². The third kappa shape index (κ3) is 2.36. The third-order valence-corrected chi connectivity index (χ3v) is 5.75. The Hall–Kier alpha value is -2.31. The number of nitrogens with two attached hydrogens (primary N) is 2. The van der Waals surface area contributed by atoms with Gasteiger partial charge in [0.2, 0.25) is 5.96 Å². The largest absolute Gasteiger partial charge is 0.447 e. The van der Waals surface area contributed by atoms with Crippen molar-refractivity contribution in [3.05, 3.63) is 0 Å². The summed E-state index contributed by atoms with van der Waals surface area (Å²) in [5, 5.41) is 37.1. The predicted octanol–water partition coefficient (Wildman–Crippen LogP) is -2.28. The van der Waals surface area contributed by atoms with Gasteiger partial charge in [0.1, 0.15) is 30.4 Å². The van der Waals surface area contributed by atoms with Crippen LogP contribution in [0.3, 0.4) is 0 Å². The van der Waals surface area contributed by atoms with Gasteiger partial charge in [0.05, 0.1) is 6.04 Å². The number of guanidine groups is 2. The van der Waals surface area contributed by atoms with Gasteiger partial charge in [-0.2, -0.15) is 5.06 Å². The fourth-order valence-electron chi connectivity index (χ4n) is 4.66. The van der Waals surface area contributed by atoms with Gasteiger partial charge in [0.15, 0.2) is 11.6 Å². The molecule has 6 atom stereocenters. The maximum absolute atomic E-state index is 11.4. The zero-order valence-electron chi connectivity index (χ0n) is 15.5. The monoisotopic (exact) mass is 385 g/mol. The molecular formula is C15H27N7O5. The summed E-state index contributed by atoms with van der Waals surface area (Å²) in [6, 6.07) is -2.15. The summed E-state index contributed by atoms with van der Waals surface area (Å²) in [5.41, 5.74) is 7.84. The summed E-state index contributed by atoms with van der Waals surface area (Å²) in [6.45, 7) is 3.15. The van der Waals surface area contributed by atoms with Crippen LogP contribution in [0, 0.1) is 0 Å². The van der Waals surface area contributed by atoms with Gasteiger partial charge in [0.25, 0.3) is 0 Å². The second-order valence-electron chi connectivity index (χ2n) is 7.21. The summed E-state index contributed by atoms with van der Waals surface area (Å²) >= 11 is 0. The molecule has 4 unspecified atom stereocenters. The Bertz CT molecular complexity index is 683. The van der Waals surface area contributed by atoms with Crippen LogP contribution in [0.1, 0.15) is 26.7 Å². The molecule has 0 radical (unpaired) electrons. The molecule has 1 amide bonds. The highest BCUT2D eigenvalue weighted by Gasteiger charge is 2.77. The lowest BCUT2D eigenvalue weighted by atomic mass is 9.79. The Balaban J connectivity index is 2.18. The Morgan fingerprint density at radius 2 is 2.19 bits per heavy atom. The van der Waals surface area contributed by atoms with E-state index in [9.17, 15) is 20.2 Å². The second kappa shape index (κ2) is 6.39. The summed E-state index contributed by atoms with van der Waals surface area (Å²) in [7, 11) is 1.46. The number of nitrogens with zero attached hydrogens (tertiary/aromatic N) is 4. The topological polar surface area (TPSA) is 182 Å². The number of amides is 1. The smallest absolute Gasteiger partial charge is 0.404 e. The molecule has 0 bridgehead atoms. The van der Waals surface area contributed by atoms with Gasteiger partial charge >= 0.3 is 6.09 Å². The number of hydrogen-bond acceptors (Lipinski definition) is 9. The van der Waals surface area contributed by atoms with Crippen LogP contribution in [0.4, 0.5) is 4.79 Å². The third-order valence-electron chi connectivity index (χ3n) is 5.75. The number of rotatable bonds is 4. The molecule has 27 heavy (non-hydrogen) atoms. The van der Waals surface area contributed by atoms with Crippen LogP contribution in [-0.4, -0.2) is 92.5 Å². The van der Waals surface area contributed by atoms with E-state index in [0.717, 1.165) is 5.06 Å². The van der Waals surface area contributed by atoms with Crippen LogP contribution in [0.25, 0.3) is 0 Å². The number of hydrogen-bond donors (Lipinski definition) is 6. The molecule has 3 heterocycles. The van der Waals surface area contributed by atoms with E-state index in [-0.39, 0.29) is 18.5 Å². The molecule has 8 N–H and O–H groups in total. The highest BCUT2D eigenvalue weighted by molar-refractivity contribution is 5.88. The van der Waals surface area contributed by atoms with Crippen LogP contribution in [0.2, 0.25) is 0 Å². The molecule has 3 aliphatic heterocycles. The minimum Gasteiger partial charge on any atom is -0.447 e. The van der Waals surface area contributed by atoms with Crippen LogP contribution in [-0.2, 0) is 4.74 Å². The van der Waals surface area contributed by atoms with Crippen molar-refractivity contribution in [1.82, 2.24) is 15.3 Å². The van der Waals surface area contributed by atoms with Crippen LogP contribution >= 0.6 is 0 Å². The van der Waals surface area contributed by atoms with Crippen molar-refractivity contribution in [2.45, 2.75) is 62.2 Å². The number of aliphatic hydroxyl groups is 2. The minimum atomic E-state index is -1.82. The molecule has 1 spiro atoms. The number of aliphatic imine (C=N–C) groups is 2. The van der Waals surface area contributed by atoms with E-state index in [1.54, 1.807) is 0 Å². The molecule has 3 aliphatic rings. The van der Waals surface area contributed by atoms with Crippen LogP contribution < -0.4 is 16.8 Å². The molecular weight excluding hydrogens is 358 g/mol. The molecule has 0 aromatic rings. The lowest BCUT2D eigenvalue weighted by Gasteiger charge is -2.52. The Kier molecular flexibility index (Phi) is 4.60. The molecule has 0 aromatic heterocycles. The fourth-order valence-corrected chi connectivity index (χ4v) is 4.66. The number of ether oxygens (including phenoxy) is 1. The number of nitrogens with one attached hydrogen (secondary N) is 1. The SMILES string of the molecule is CCCC1[C@H](O)[C@](C)(O)C23C(NC(=NC)N2O)C(COC(N)=O)N=C(N)N13. The molecule has 12 nitrogen and oxygen atoms in total. The summed E-state index contributed by atoms with van der Waals surface area (Å²) < 4.78 is 4.89. The molecule has 2 fully saturated rings. The minimum absolute atomic E-state index is 0.0119. The van der Waals surface area contributed by atoms with Gasteiger partial charge in [-0.05, 0) is 13.3 Å². The zero-order chi connectivity index (χ0) is 20.1. The average molecular weight is 385 g/mol. The van der Waals surface area contributed by atoms with E-state index in [4.69, 9.17) is 16.2 Å². The van der Waals surface area contributed by atoms with Gasteiger partial charge in [-0.25, -0.2) is 9.79 Å². The summed E-state index contributed by atoms with van der Waals surface area (Å²) in [6.07, 6.45) is -0.983. The molecule has 3 rings (SSSR count). The lowest BCUT2D eigenvalue weighted by Crippen LogP contribution is -2.77. The highest BCUT2D eigenvalue weighted by Crippen LogP contribution is 2.52. The Labute approximate surface area is 156 Å². The lowest BCUT2D eigenvalue weighted by molar-refractivity contribution is -0.226. The first-order chi connectivity index (χ1) is 12.6. The highest BCUT2D eigenvalue weighted by atomic mass is 16.5. The number of hydroxylamine groups is 2. The summed E-state index contributed by atoms with van der Waals surface area (Å²) in [5.74, 6) is 0.0846. The first-order valence-corrected chi connectivity index (χ1v) is 8.82. The first kappa shape index (κ1) is 19.5. The van der Waals surface area contributed by atoms with Crippen molar-refractivity contribution in [3.63, 3.8) is 0 Å². The van der Waals surface area contributed by atoms with Crippen molar-refractivity contribution in [3.8, 4) is 0 Å². The number of carbonyl (C=O) groups excluding carboxylic acids is 1. The molecule has 12 heteroatoms. The molecule has 2 saturated heterocycles. The first-order valence-electron chi connectivity index (χ1n) is 8.82. The van der Waals surface area contributed by atoms with Crippen LogP contribution in [0.5, 0.6) is 0 Å². The van der Waals surface area contributed by atoms with Crippen molar-refractivity contribution in [2.24, 2.45) is 21.5 Å². The van der Waals surface area contributed by atoms with Crippen molar-refractivity contribution in [1.29, 1.82) is 0 Å². The fraction of sp³-hybridized carbons (Fsp3) is 0.800. The second-order valence-corrected chi connectivity index (χ2v) is 7.21. The number of aliphatic hydroxyl groups excluding tert-OH is 1. The Morgan fingerprint density at radius 3 is 2.74 bits per heavy atom. The maximum Gasteiger partial charge on any atom is 0.404 e. The zero-order valence-corrected chi connectivity index (χ0v) is 15.5. The average Bonchev–Trinajstić information content (AvgIpc) is 3.00. The number of carbonyl (C=O) groups is 1. The molecule has 0 saturated carbocycles. The standard InChI is InChI=1S/C15H27N7O5/c1-4-5-8-10(23)14(2,25)15-9(20-13(18-3)22(15)26)7(6-27-12(17)24)19-11(16)21(8)15/h7-10,23,25-26H,4-6H2,1-3H3,(H2,16,19)(H2,17,24)(H,18,20)/t7?,8?,9?,10-,14-,15?/m0/s1. The molecule has 152 valence electrons. The van der Waals surface area contributed by atoms with Gasteiger partial charge < -0.3 is 36.6 Å². The van der Waals surface area contributed by atoms with E-state index in [2.05, 4.69) is 15.3 Å². The van der Waals surface area contributed by atoms with E-state index < -0.39 is 41.6 Å². The molecule has 0 aromatic carbocycles. The maximum atomic E-state index is 11.4.